The van der Waals surface area contributed by atoms with E-state index < -0.39 is 6.36 Å². The molecule has 0 aromatic heterocycles. The molecule has 1 unspecified atom stereocenters. The fraction of sp³-hybridized carbons (Fsp3) is 0.381. The molecule has 1 heterocycles. The Kier molecular flexibility index (Phi) is 4.93. The van der Waals surface area contributed by atoms with Crippen molar-refractivity contribution >= 4 is 11.6 Å². The molecule has 6 heteroatoms. The first kappa shape index (κ1) is 19.3. The Morgan fingerprint density at radius 3 is 2.44 bits per heavy atom. The fourth-order valence-corrected chi connectivity index (χ4v) is 3.69. The van der Waals surface area contributed by atoms with E-state index in [1.54, 1.807) is 17.0 Å². The van der Waals surface area contributed by atoms with Gasteiger partial charge in [0.05, 0.1) is 0 Å². The maximum Gasteiger partial charge on any atom is 0.573 e. The number of alkyl halides is 3. The minimum Gasteiger partial charge on any atom is -0.405 e. The van der Waals surface area contributed by atoms with Gasteiger partial charge in [0.25, 0.3) is 0 Å². The third-order valence-electron chi connectivity index (χ3n) is 4.83. The Labute approximate surface area is 156 Å². The van der Waals surface area contributed by atoms with Gasteiger partial charge < -0.3 is 9.64 Å². The van der Waals surface area contributed by atoms with Crippen LogP contribution in [0.4, 0.5) is 18.9 Å². The Morgan fingerprint density at radius 1 is 1.15 bits per heavy atom. The summed E-state index contributed by atoms with van der Waals surface area (Å²) in [6.45, 7) is 7.72. The van der Waals surface area contributed by atoms with E-state index in [4.69, 9.17) is 0 Å². The quantitative estimate of drug-likeness (QED) is 0.676. The van der Waals surface area contributed by atoms with Crippen LogP contribution in [0.5, 0.6) is 5.75 Å². The predicted octanol–water partition coefficient (Wildman–Crippen LogP) is 5.81. The van der Waals surface area contributed by atoms with Gasteiger partial charge in [0.1, 0.15) is 5.75 Å². The zero-order valence-corrected chi connectivity index (χ0v) is 15.7. The molecule has 3 nitrogen and oxygen atoms in total. The number of aryl methyl sites for hydroxylation is 1. The summed E-state index contributed by atoms with van der Waals surface area (Å²) in [6.07, 6.45) is -4.34. The molecule has 0 saturated carbocycles. The first-order valence-corrected chi connectivity index (χ1v) is 8.90. The Morgan fingerprint density at radius 2 is 1.81 bits per heavy atom. The Hall–Kier alpha value is -2.50. The highest BCUT2D eigenvalue weighted by Gasteiger charge is 2.34. The van der Waals surface area contributed by atoms with Crippen LogP contribution in [0, 0.1) is 6.92 Å². The molecule has 1 amide bonds. The van der Waals surface area contributed by atoms with Gasteiger partial charge in [-0.2, -0.15) is 0 Å². The number of benzene rings is 2. The highest BCUT2D eigenvalue weighted by molar-refractivity contribution is 5.98. The molecular formula is C21H22F3NO2. The Balaban J connectivity index is 2.19. The van der Waals surface area contributed by atoms with Crippen molar-refractivity contribution in [2.45, 2.75) is 52.4 Å². The molecule has 0 aliphatic carbocycles. The lowest BCUT2D eigenvalue weighted by molar-refractivity contribution is -0.274. The highest BCUT2D eigenvalue weighted by atomic mass is 19.4. The average Bonchev–Trinajstić information content (AvgIpc) is 2.54. The number of ether oxygens (including phenoxy) is 1. The number of carbonyl (C=O) groups is 1. The summed E-state index contributed by atoms with van der Waals surface area (Å²) in [6, 6.07) is 9.83. The molecule has 144 valence electrons. The van der Waals surface area contributed by atoms with E-state index >= 15 is 0 Å². The normalized spacial score (nSPS) is 17.3. The van der Waals surface area contributed by atoms with Gasteiger partial charge in [-0.25, -0.2) is 0 Å². The molecular weight excluding hydrogens is 355 g/mol. The molecule has 1 aliphatic rings. The second-order valence-corrected chi connectivity index (χ2v) is 7.23. The predicted molar refractivity (Wildman–Crippen MR) is 99.0 cm³/mol. The molecule has 2 aromatic rings. The highest BCUT2D eigenvalue weighted by Crippen LogP contribution is 2.43. The van der Waals surface area contributed by atoms with E-state index in [-0.39, 0.29) is 23.6 Å². The first-order valence-electron chi connectivity index (χ1n) is 8.90. The number of hydrogen-bond donors (Lipinski definition) is 0. The van der Waals surface area contributed by atoms with E-state index in [2.05, 4.69) is 4.74 Å². The summed E-state index contributed by atoms with van der Waals surface area (Å²) in [4.78, 5) is 14.3. The van der Waals surface area contributed by atoms with Crippen molar-refractivity contribution in [2.24, 2.45) is 0 Å². The number of fused-ring (bicyclic) bond motifs is 1. The minimum atomic E-state index is -4.77. The second kappa shape index (κ2) is 6.91. The summed E-state index contributed by atoms with van der Waals surface area (Å²) >= 11 is 0. The number of anilines is 1. The van der Waals surface area contributed by atoms with Gasteiger partial charge in [-0.3, -0.25) is 4.79 Å². The van der Waals surface area contributed by atoms with Crippen LogP contribution in [0.25, 0.3) is 11.1 Å². The number of amides is 1. The minimum absolute atomic E-state index is 0.0274. The number of nitrogens with zero attached hydrogens (tertiary/aromatic N) is 1. The number of hydrogen-bond acceptors (Lipinski definition) is 2. The fourth-order valence-electron chi connectivity index (χ4n) is 3.69. The van der Waals surface area contributed by atoms with E-state index in [0.29, 0.717) is 17.5 Å². The van der Waals surface area contributed by atoms with Crippen LogP contribution in [0.1, 0.15) is 44.2 Å². The third-order valence-corrected chi connectivity index (χ3v) is 4.83. The molecule has 0 N–H and O–H groups in total. The van der Waals surface area contributed by atoms with E-state index in [9.17, 15) is 18.0 Å². The van der Waals surface area contributed by atoms with Crippen LogP contribution < -0.4 is 9.64 Å². The topological polar surface area (TPSA) is 29.5 Å². The van der Waals surface area contributed by atoms with Crippen molar-refractivity contribution in [3.8, 4) is 16.9 Å². The monoisotopic (exact) mass is 377 g/mol. The SMILES string of the molecule is Cc1cc2c(cc1-c1ccccc1OC(F)(F)F)N(C(C)C)C(=O)CC2C. The second-order valence-electron chi connectivity index (χ2n) is 7.23. The molecule has 27 heavy (non-hydrogen) atoms. The van der Waals surface area contributed by atoms with Crippen LogP contribution in [-0.2, 0) is 4.79 Å². The van der Waals surface area contributed by atoms with Crippen LogP contribution >= 0.6 is 0 Å². The molecule has 2 aromatic carbocycles. The zero-order valence-electron chi connectivity index (χ0n) is 15.7. The lowest BCUT2D eigenvalue weighted by Gasteiger charge is -2.36. The van der Waals surface area contributed by atoms with Gasteiger partial charge in [-0.15, -0.1) is 13.2 Å². The number of para-hydroxylation sites is 1. The van der Waals surface area contributed by atoms with Gasteiger partial charge in [0, 0.05) is 23.7 Å². The molecule has 3 rings (SSSR count). The summed E-state index contributed by atoms with van der Waals surface area (Å²) in [5, 5.41) is 0. The lowest BCUT2D eigenvalue weighted by atomic mass is 9.86. The summed E-state index contributed by atoms with van der Waals surface area (Å²) < 4.78 is 42.6. The summed E-state index contributed by atoms with van der Waals surface area (Å²) in [5.41, 5.74) is 3.62. The van der Waals surface area contributed by atoms with Crippen molar-refractivity contribution < 1.29 is 22.7 Å². The van der Waals surface area contributed by atoms with Crippen molar-refractivity contribution in [1.82, 2.24) is 0 Å². The maximum atomic E-state index is 12.8. The largest absolute Gasteiger partial charge is 0.573 e. The van der Waals surface area contributed by atoms with Gasteiger partial charge in [-0.05, 0) is 55.5 Å². The molecule has 0 saturated heterocycles. The van der Waals surface area contributed by atoms with Crippen LogP contribution in [0.2, 0.25) is 0 Å². The third kappa shape index (κ3) is 3.80. The summed E-state index contributed by atoms with van der Waals surface area (Å²) in [7, 11) is 0. The lowest BCUT2D eigenvalue weighted by Crippen LogP contribution is -2.41. The van der Waals surface area contributed by atoms with E-state index in [1.165, 1.54) is 12.1 Å². The molecule has 1 atom stereocenters. The first-order chi connectivity index (χ1) is 12.6. The van der Waals surface area contributed by atoms with Crippen LogP contribution in [0.3, 0.4) is 0 Å². The Bertz CT molecular complexity index is 874. The standard InChI is InChI=1S/C21H22F3NO2/c1-12(2)25-18-11-16(13(3)9-17(18)14(4)10-20(25)26)15-7-5-6-8-19(15)27-21(22,23)24/h5-9,11-12,14H,10H2,1-4H3. The van der Waals surface area contributed by atoms with Crippen molar-refractivity contribution in [3.63, 3.8) is 0 Å². The maximum absolute atomic E-state index is 12.8. The van der Waals surface area contributed by atoms with Crippen molar-refractivity contribution in [3.05, 3.63) is 47.5 Å². The number of carbonyl (C=O) groups excluding carboxylic acids is 1. The van der Waals surface area contributed by atoms with Gasteiger partial charge in [0.15, 0.2) is 0 Å². The van der Waals surface area contributed by atoms with Gasteiger partial charge >= 0.3 is 6.36 Å². The zero-order chi connectivity index (χ0) is 19.9. The molecule has 0 spiro atoms. The van der Waals surface area contributed by atoms with Crippen molar-refractivity contribution in [2.75, 3.05) is 4.90 Å². The van der Waals surface area contributed by atoms with E-state index in [1.807, 2.05) is 39.8 Å². The molecule has 0 fully saturated rings. The number of rotatable bonds is 3. The van der Waals surface area contributed by atoms with E-state index in [0.717, 1.165) is 16.8 Å². The number of halogens is 3. The van der Waals surface area contributed by atoms with Crippen molar-refractivity contribution in [1.29, 1.82) is 0 Å². The van der Waals surface area contributed by atoms with Crippen LogP contribution in [0.15, 0.2) is 36.4 Å². The smallest absolute Gasteiger partial charge is 0.405 e. The molecule has 1 aliphatic heterocycles. The molecule has 0 bridgehead atoms. The van der Waals surface area contributed by atoms with Gasteiger partial charge in [-0.1, -0.05) is 31.2 Å². The van der Waals surface area contributed by atoms with Crippen LogP contribution in [-0.4, -0.2) is 18.3 Å². The molecule has 0 radical (unpaired) electrons. The van der Waals surface area contributed by atoms with Gasteiger partial charge in [0.2, 0.25) is 5.91 Å². The average molecular weight is 377 g/mol. The summed E-state index contributed by atoms with van der Waals surface area (Å²) in [5.74, 6) is -0.157.